The lowest BCUT2D eigenvalue weighted by Gasteiger charge is -2.02. The molecule has 0 aliphatic carbocycles. The Bertz CT molecular complexity index is 673. The highest BCUT2D eigenvalue weighted by atomic mass is 32.2. The molecule has 0 radical (unpaired) electrons. The van der Waals surface area contributed by atoms with Gasteiger partial charge in [0, 0.05) is 18.1 Å². The molecule has 2 rings (SSSR count). The van der Waals surface area contributed by atoms with Crippen LogP contribution in [0.15, 0.2) is 22.5 Å². The number of aryl methyl sites for hydroxylation is 2. The number of thiophene rings is 1. The molecule has 2 N–H and O–H groups in total. The van der Waals surface area contributed by atoms with Crippen LogP contribution in [0.5, 0.6) is 0 Å². The highest BCUT2D eigenvalue weighted by Gasteiger charge is 2.18. The molecule has 2 aromatic rings. The van der Waals surface area contributed by atoms with Crippen LogP contribution in [0.4, 0.5) is 0 Å². The van der Waals surface area contributed by atoms with Crippen molar-refractivity contribution in [2.24, 2.45) is 7.05 Å². The van der Waals surface area contributed by atoms with E-state index in [1.165, 1.54) is 0 Å². The topological polar surface area (TPSA) is 84.2 Å². The molecule has 0 bridgehead atoms. The second-order valence-corrected chi connectivity index (χ2v) is 7.27. The number of sulfonamides is 1. The number of hydrogen-bond donors (Lipinski definition) is 2. The van der Waals surface area contributed by atoms with Crippen LogP contribution in [-0.2, 0) is 30.2 Å². The third-order valence-corrected chi connectivity index (χ3v) is 5.72. The molecule has 0 spiro atoms. The molecule has 0 saturated carbocycles. The van der Waals surface area contributed by atoms with Crippen molar-refractivity contribution in [3.8, 4) is 0 Å². The lowest BCUT2D eigenvalue weighted by Crippen LogP contribution is -2.22. The first-order chi connectivity index (χ1) is 8.92. The van der Waals surface area contributed by atoms with Crippen LogP contribution in [0.2, 0.25) is 0 Å². The van der Waals surface area contributed by atoms with Crippen LogP contribution < -0.4 is 4.72 Å². The fourth-order valence-corrected chi connectivity index (χ4v) is 4.07. The van der Waals surface area contributed by atoms with Gasteiger partial charge in [0.25, 0.3) is 0 Å². The Morgan fingerprint density at radius 1 is 1.53 bits per heavy atom. The zero-order valence-electron chi connectivity index (χ0n) is 10.6. The van der Waals surface area contributed by atoms with Gasteiger partial charge in [-0.25, -0.2) is 13.1 Å². The van der Waals surface area contributed by atoms with E-state index < -0.39 is 10.0 Å². The summed E-state index contributed by atoms with van der Waals surface area (Å²) in [7, 11) is -1.78. The van der Waals surface area contributed by atoms with Crippen LogP contribution in [0, 0.1) is 6.92 Å². The SMILES string of the molecule is Cc1cc(S(=O)(=O)NCc2ccn(C)n2)sc1CO. The molecule has 0 aliphatic heterocycles. The van der Waals surface area contributed by atoms with E-state index in [-0.39, 0.29) is 17.4 Å². The third-order valence-electron chi connectivity index (χ3n) is 2.62. The molecule has 0 amide bonds. The van der Waals surface area contributed by atoms with Crippen molar-refractivity contribution in [3.05, 3.63) is 34.5 Å². The number of nitrogens with one attached hydrogen (secondary N) is 1. The van der Waals surface area contributed by atoms with Crippen LogP contribution in [-0.4, -0.2) is 23.3 Å². The molecular weight excluding hydrogens is 286 g/mol. The molecule has 0 saturated heterocycles. The van der Waals surface area contributed by atoms with E-state index in [0.717, 1.165) is 16.9 Å². The zero-order chi connectivity index (χ0) is 14.0. The van der Waals surface area contributed by atoms with Crippen molar-refractivity contribution in [3.63, 3.8) is 0 Å². The summed E-state index contributed by atoms with van der Waals surface area (Å²) >= 11 is 1.08. The van der Waals surface area contributed by atoms with E-state index in [9.17, 15) is 8.42 Å². The molecule has 2 aromatic heterocycles. The number of nitrogens with zero attached hydrogens (tertiary/aromatic N) is 2. The predicted octanol–water partition coefficient (Wildman–Crippen LogP) is 0.761. The summed E-state index contributed by atoms with van der Waals surface area (Å²) in [6, 6.07) is 3.32. The predicted molar refractivity (Wildman–Crippen MR) is 72.2 cm³/mol. The summed E-state index contributed by atoms with van der Waals surface area (Å²) in [6.07, 6.45) is 1.75. The van der Waals surface area contributed by atoms with Gasteiger partial charge in [0.1, 0.15) is 4.21 Å². The van der Waals surface area contributed by atoms with E-state index >= 15 is 0 Å². The normalized spacial score (nSPS) is 11.9. The fourth-order valence-electron chi connectivity index (χ4n) is 1.58. The Morgan fingerprint density at radius 2 is 2.26 bits per heavy atom. The lowest BCUT2D eigenvalue weighted by molar-refractivity contribution is 0.285. The fraction of sp³-hybridized carbons (Fsp3) is 0.364. The summed E-state index contributed by atoms with van der Waals surface area (Å²) in [4.78, 5) is 0.665. The van der Waals surface area contributed by atoms with Gasteiger partial charge in [0.05, 0.1) is 18.8 Å². The van der Waals surface area contributed by atoms with Gasteiger partial charge in [-0.2, -0.15) is 5.10 Å². The smallest absolute Gasteiger partial charge is 0.250 e. The molecule has 0 aliphatic rings. The van der Waals surface area contributed by atoms with E-state index in [1.807, 2.05) is 0 Å². The lowest BCUT2D eigenvalue weighted by atomic mass is 10.3. The second kappa shape index (κ2) is 5.41. The Morgan fingerprint density at radius 3 is 2.79 bits per heavy atom. The maximum atomic E-state index is 12.1. The molecule has 0 atom stereocenters. The Balaban J connectivity index is 2.13. The van der Waals surface area contributed by atoms with Crippen LogP contribution in [0.25, 0.3) is 0 Å². The number of hydrogen-bond acceptors (Lipinski definition) is 5. The van der Waals surface area contributed by atoms with Gasteiger partial charge in [-0.05, 0) is 24.6 Å². The summed E-state index contributed by atoms with van der Waals surface area (Å²) < 4.78 is 28.5. The average molecular weight is 301 g/mol. The molecule has 2 heterocycles. The van der Waals surface area contributed by atoms with E-state index in [4.69, 9.17) is 5.11 Å². The largest absolute Gasteiger partial charge is 0.391 e. The Hall–Kier alpha value is -1.22. The van der Waals surface area contributed by atoms with Crippen LogP contribution in [0.1, 0.15) is 16.1 Å². The summed E-state index contributed by atoms with van der Waals surface area (Å²) in [6.45, 7) is 1.78. The number of aromatic nitrogens is 2. The van der Waals surface area contributed by atoms with Crippen molar-refractivity contribution in [1.29, 1.82) is 0 Å². The molecule has 19 heavy (non-hydrogen) atoms. The molecule has 6 nitrogen and oxygen atoms in total. The summed E-state index contributed by atoms with van der Waals surface area (Å²) in [5, 5.41) is 13.2. The van der Waals surface area contributed by atoms with Crippen LogP contribution >= 0.6 is 11.3 Å². The van der Waals surface area contributed by atoms with Crippen molar-refractivity contribution in [2.45, 2.75) is 24.3 Å². The molecule has 104 valence electrons. The van der Waals surface area contributed by atoms with Gasteiger partial charge in [-0.3, -0.25) is 4.68 Å². The first-order valence-electron chi connectivity index (χ1n) is 5.61. The highest BCUT2D eigenvalue weighted by molar-refractivity contribution is 7.91. The monoisotopic (exact) mass is 301 g/mol. The van der Waals surface area contributed by atoms with Crippen molar-refractivity contribution < 1.29 is 13.5 Å². The Kier molecular flexibility index (Phi) is 4.04. The molecule has 0 unspecified atom stereocenters. The first-order valence-corrected chi connectivity index (χ1v) is 7.90. The molecule has 0 aromatic carbocycles. The van der Waals surface area contributed by atoms with Crippen molar-refractivity contribution >= 4 is 21.4 Å². The molecular formula is C11H15N3O3S2. The first kappa shape index (κ1) is 14.2. The maximum absolute atomic E-state index is 12.1. The van der Waals surface area contributed by atoms with Crippen molar-refractivity contribution in [1.82, 2.24) is 14.5 Å². The Labute approximate surface area is 115 Å². The van der Waals surface area contributed by atoms with Gasteiger partial charge in [-0.15, -0.1) is 11.3 Å². The highest BCUT2D eigenvalue weighted by Crippen LogP contribution is 2.25. The third kappa shape index (κ3) is 3.21. The van der Waals surface area contributed by atoms with Gasteiger partial charge in [0.2, 0.25) is 10.0 Å². The van der Waals surface area contributed by atoms with E-state index in [2.05, 4.69) is 9.82 Å². The van der Waals surface area contributed by atoms with E-state index in [0.29, 0.717) is 10.6 Å². The second-order valence-electron chi connectivity index (χ2n) is 4.14. The standard InChI is InChI=1S/C11H15N3O3S2/c1-8-5-11(18-10(8)7-15)19(16,17)12-6-9-3-4-14(2)13-9/h3-5,12,15H,6-7H2,1-2H3. The minimum Gasteiger partial charge on any atom is -0.391 e. The summed E-state index contributed by atoms with van der Waals surface area (Å²) in [5.74, 6) is 0. The number of aliphatic hydroxyl groups excluding tert-OH is 1. The minimum atomic E-state index is -3.55. The number of aliphatic hydroxyl groups is 1. The summed E-state index contributed by atoms with van der Waals surface area (Å²) in [5.41, 5.74) is 1.44. The minimum absolute atomic E-state index is 0.147. The van der Waals surface area contributed by atoms with Crippen molar-refractivity contribution in [2.75, 3.05) is 0 Å². The van der Waals surface area contributed by atoms with Gasteiger partial charge in [0.15, 0.2) is 0 Å². The van der Waals surface area contributed by atoms with Gasteiger partial charge in [-0.1, -0.05) is 0 Å². The molecule has 8 heteroatoms. The van der Waals surface area contributed by atoms with Crippen LogP contribution in [0.3, 0.4) is 0 Å². The van der Waals surface area contributed by atoms with Gasteiger partial charge < -0.3 is 5.11 Å². The van der Waals surface area contributed by atoms with E-state index in [1.54, 1.807) is 37.0 Å². The van der Waals surface area contributed by atoms with Gasteiger partial charge >= 0.3 is 0 Å². The number of rotatable bonds is 5. The average Bonchev–Trinajstić information content (AvgIpc) is 2.93. The zero-order valence-corrected chi connectivity index (χ0v) is 12.3. The quantitative estimate of drug-likeness (QED) is 0.854. The maximum Gasteiger partial charge on any atom is 0.250 e. The molecule has 0 fully saturated rings.